The molecule has 4 rings (SSSR count). The molecule has 4 N–H and O–H groups in total. The molecule has 176 valence electrons. The van der Waals surface area contributed by atoms with E-state index in [9.17, 15) is 12.8 Å². The van der Waals surface area contributed by atoms with E-state index < -0.39 is 33.0 Å². The van der Waals surface area contributed by atoms with Crippen molar-refractivity contribution in [2.75, 3.05) is 22.9 Å². The number of nitrogen functional groups attached to an aromatic ring is 1. The van der Waals surface area contributed by atoms with Gasteiger partial charge < -0.3 is 15.8 Å². The van der Waals surface area contributed by atoms with E-state index in [1.54, 1.807) is 6.92 Å². The highest BCUT2D eigenvalue weighted by molar-refractivity contribution is 7.92. The predicted molar refractivity (Wildman–Crippen MR) is 123 cm³/mol. The minimum Gasteiger partial charge on any atom is -0.497 e. The number of hydrogen-bond acceptors (Lipinski definition) is 9. The quantitative estimate of drug-likeness (QED) is 0.332. The van der Waals surface area contributed by atoms with Crippen LogP contribution in [0.1, 0.15) is 5.56 Å². The zero-order chi connectivity index (χ0) is 24.6. The fourth-order valence-electron chi connectivity index (χ4n) is 3.15. The molecule has 2 aromatic carbocycles. The van der Waals surface area contributed by atoms with Crippen LogP contribution < -0.4 is 20.5 Å². The molecule has 0 fully saturated rings. The number of aromatic nitrogens is 4. The third-order valence-electron chi connectivity index (χ3n) is 4.73. The molecular weight excluding hydrogens is 492 g/mol. The summed E-state index contributed by atoms with van der Waals surface area (Å²) < 4.78 is 62.8. The van der Waals surface area contributed by atoms with E-state index in [2.05, 4.69) is 30.0 Å². The first-order valence-corrected chi connectivity index (χ1v) is 11.3. The summed E-state index contributed by atoms with van der Waals surface area (Å²) in [6.45, 7) is 1.56. The lowest BCUT2D eigenvalue weighted by molar-refractivity contribution is 0.414. The Labute approximate surface area is 197 Å². The number of halogens is 3. The third kappa shape index (κ3) is 4.34. The zero-order valence-corrected chi connectivity index (χ0v) is 19.2. The van der Waals surface area contributed by atoms with Gasteiger partial charge in [0.25, 0.3) is 10.0 Å². The minimum absolute atomic E-state index is 0.0126. The summed E-state index contributed by atoms with van der Waals surface area (Å²) >= 11 is 5.83. The monoisotopic (exact) mass is 507 g/mol. The number of ether oxygens (including phenoxy) is 1. The summed E-state index contributed by atoms with van der Waals surface area (Å²) in [5.74, 6) is -1.95. The van der Waals surface area contributed by atoms with Gasteiger partial charge in [0.1, 0.15) is 34.6 Å². The summed E-state index contributed by atoms with van der Waals surface area (Å²) in [5, 5.41) is 2.25. The molecule has 2 heterocycles. The van der Waals surface area contributed by atoms with Crippen LogP contribution in [0.2, 0.25) is 5.28 Å². The Hall–Kier alpha value is -3.84. The van der Waals surface area contributed by atoms with E-state index in [0.29, 0.717) is 11.3 Å². The van der Waals surface area contributed by atoms with Crippen molar-refractivity contribution in [2.45, 2.75) is 11.8 Å². The highest BCUT2D eigenvalue weighted by Crippen LogP contribution is 2.32. The molecule has 34 heavy (non-hydrogen) atoms. The van der Waals surface area contributed by atoms with Gasteiger partial charge in [0.15, 0.2) is 17.5 Å². The molecule has 0 unspecified atom stereocenters. The maximum Gasteiger partial charge on any atom is 0.262 e. The summed E-state index contributed by atoms with van der Waals surface area (Å²) in [6, 6.07) is 6.14. The maximum absolute atomic E-state index is 15.3. The first-order chi connectivity index (χ1) is 16.1. The predicted octanol–water partition coefficient (Wildman–Crippen LogP) is 3.80. The molecule has 0 amide bonds. The fraction of sp³-hybridized carbons (Fsp3) is 0.100. The minimum atomic E-state index is -4.22. The number of aryl methyl sites for hydroxylation is 1. The molecule has 0 radical (unpaired) electrons. The van der Waals surface area contributed by atoms with Crippen LogP contribution in [0.4, 0.5) is 31.8 Å². The normalized spacial score (nSPS) is 11.4. The first-order valence-electron chi connectivity index (χ1n) is 9.47. The van der Waals surface area contributed by atoms with Crippen molar-refractivity contribution in [3.05, 3.63) is 59.1 Å². The second-order valence-electron chi connectivity index (χ2n) is 6.94. The Morgan fingerprint density at radius 1 is 1.09 bits per heavy atom. The van der Waals surface area contributed by atoms with Crippen molar-refractivity contribution in [3.63, 3.8) is 0 Å². The van der Waals surface area contributed by atoms with Gasteiger partial charge in [-0.25, -0.2) is 32.2 Å². The van der Waals surface area contributed by atoms with Crippen LogP contribution in [0.5, 0.6) is 5.75 Å². The highest BCUT2D eigenvalue weighted by Gasteiger charge is 2.23. The molecule has 0 aliphatic carbocycles. The number of fused-ring (bicyclic) bond motifs is 1. The van der Waals surface area contributed by atoms with E-state index in [-0.39, 0.29) is 32.8 Å². The van der Waals surface area contributed by atoms with Crippen LogP contribution in [-0.4, -0.2) is 35.5 Å². The summed E-state index contributed by atoms with van der Waals surface area (Å²) in [6.07, 6.45) is 1.09. The SMILES string of the molecule is COc1ccc(S(=O)(=O)Nc2ccc(F)c(Nc3ncnc4c(N)nc(Cl)nc34)c2F)c(C)c1. The van der Waals surface area contributed by atoms with Crippen LogP contribution in [0, 0.1) is 18.6 Å². The molecule has 0 saturated heterocycles. The number of sulfonamides is 1. The van der Waals surface area contributed by atoms with Crippen LogP contribution in [0.25, 0.3) is 11.0 Å². The van der Waals surface area contributed by atoms with E-state index in [0.717, 1.165) is 18.5 Å². The van der Waals surface area contributed by atoms with Gasteiger partial charge in [-0.3, -0.25) is 4.72 Å². The Balaban J connectivity index is 1.73. The summed E-state index contributed by atoms with van der Waals surface area (Å²) in [4.78, 5) is 15.5. The number of benzene rings is 2. The van der Waals surface area contributed by atoms with E-state index in [1.807, 2.05) is 0 Å². The van der Waals surface area contributed by atoms with Gasteiger partial charge in [-0.1, -0.05) is 0 Å². The largest absolute Gasteiger partial charge is 0.497 e. The number of methoxy groups -OCH3 is 1. The molecule has 0 aliphatic rings. The smallest absolute Gasteiger partial charge is 0.262 e. The average molecular weight is 508 g/mol. The Morgan fingerprint density at radius 3 is 2.56 bits per heavy atom. The van der Waals surface area contributed by atoms with Gasteiger partial charge in [0.2, 0.25) is 5.28 Å². The molecular formula is C20H16ClF2N7O3S. The maximum atomic E-state index is 15.3. The lowest BCUT2D eigenvalue weighted by Gasteiger charge is -2.15. The van der Waals surface area contributed by atoms with Crippen molar-refractivity contribution < 1.29 is 21.9 Å². The third-order valence-corrected chi connectivity index (χ3v) is 6.43. The molecule has 0 aliphatic heterocycles. The Morgan fingerprint density at radius 2 is 1.85 bits per heavy atom. The van der Waals surface area contributed by atoms with Crippen molar-refractivity contribution in [2.24, 2.45) is 0 Å². The zero-order valence-electron chi connectivity index (χ0n) is 17.6. The Kier molecular flexibility index (Phi) is 6.06. The van der Waals surface area contributed by atoms with Crippen LogP contribution in [-0.2, 0) is 10.0 Å². The molecule has 4 aromatic rings. The molecule has 14 heteroatoms. The van der Waals surface area contributed by atoms with Crippen molar-refractivity contribution in [1.82, 2.24) is 19.9 Å². The van der Waals surface area contributed by atoms with Crippen LogP contribution >= 0.6 is 11.6 Å². The van der Waals surface area contributed by atoms with E-state index in [4.69, 9.17) is 22.1 Å². The molecule has 10 nitrogen and oxygen atoms in total. The van der Waals surface area contributed by atoms with Gasteiger partial charge in [0, 0.05) is 0 Å². The number of hydrogen-bond donors (Lipinski definition) is 3. The number of nitrogens with two attached hydrogens (primary N) is 1. The van der Waals surface area contributed by atoms with E-state index in [1.165, 1.54) is 25.3 Å². The van der Waals surface area contributed by atoms with Gasteiger partial charge >= 0.3 is 0 Å². The van der Waals surface area contributed by atoms with Crippen LogP contribution in [0.3, 0.4) is 0 Å². The van der Waals surface area contributed by atoms with Crippen molar-refractivity contribution in [3.8, 4) is 5.75 Å². The number of nitrogens with zero attached hydrogens (tertiary/aromatic N) is 4. The molecule has 2 aromatic heterocycles. The molecule has 0 bridgehead atoms. The lowest BCUT2D eigenvalue weighted by atomic mass is 10.2. The Bertz CT molecular complexity index is 1540. The van der Waals surface area contributed by atoms with Gasteiger partial charge in [-0.2, -0.15) is 4.98 Å². The number of nitrogens with one attached hydrogen (secondary N) is 2. The second-order valence-corrected chi connectivity index (χ2v) is 8.93. The lowest BCUT2D eigenvalue weighted by Crippen LogP contribution is -2.16. The summed E-state index contributed by atoms with van der Waals surface area (Å²) in [7, 11) is -2.77. The van der Waals surface area contributed by atoms with Gasteiger partial charge in [-0.05, 0) is 54.4 Å². The molecule has 0 saturated carbocycles. The average Bonchev–Trinajstić information content (AvgIpc) is 2.78. The van der Waals surface area contributed by atoms with Crippen molar-refractivity contribution >= 4 is 55.7 Å². The second kappa shape index (κ2) is 8.83. The molecule has 0 atom stereocenters. The fourth-order valence-corrected chi connectivity index (χ4v) is 4.61. The number of rotatable bonds is 6. The van der Waals surface area contributed by atoms with Crippen LogP contribution in [0.15, 0.2) is 41.6 Å². The van der Waals surface area contributed by atoms with Gasteiger partial charge in [-0.15, -0.1) is 0 Å². The summed E-state index contributed by atoms with van der Waals surface area (Å²) in [5.41, 5.74) is 5.08. The highest BCUT2D eigenvalue weighted by atomic mass is 35.5. The number of anilines is 4. The molecule has 0 spiro atoms. The van der Waals surface area contributed by atoms with E-state index >= 15 is 4.39 Å². The topological polar surface area (TPSA) is 145 Å². The standard InChI is InChI=1S/C20H16ClF2N7O3S/c1-9-7-10(33-2)3-6-13(9)34(31,32)30-12-5-4-11(22)15(14(12)23)27-19-17-16(25-8-26-19)18(24)29-20(21)28-17/h3-8,30H,1-2H3,(H2,24,28,29)(H,25,26,27). The first kappa shape index (κ1) is 23.3. The van der Waals surface area contributed by atoms with Gasteiger partial charge in [0.05, 0.1) is 17.7 Å². The van der Waals surface area contributed by atoms with Crippen molar-refractivity contribution in [1.29, 1.82) is 0 Å².